The number of fused-ring (bicyclic) bond motifs is 3. The summed E-state index contributed by atoms with van der Waals surface area (Å²) < 4.78 is 48.4. The van der Waals surface area contributed by atoms with Crippen LogP contribution in [-0.2, 0) is 16.4 Å². The van der Waals surface area contributed by atoms with Gasteiger partial charge >= 0.3 is 0 Å². The van der Waals surface area contributed by atoms with Crippen LogP contribution in [-0.4, -0.2) is 30.6 Å². The second-order valence-corrected chi connectivity index (χ2v) is 10.00. The largest absolute Gasteiger partial charge is 0.484 e. The number of aryl methyl sites for hydroxylation is 1. The third-order valence-corrected chi connectivity index (χ3v) is 6.61. The molecular weight excluding hydrogens is 429 g/mol. The second-order valence-electron chi connectivity index (χ2n) is 7.88. The summed E-state index contributed by atoms with van der Waals surface area (Å²) in [6, 6.07) is 6.77. The Morgan fingerprint density at radius 3 is 2.80 bits per heavy atom. The fourth-order valence-electron chi connectivity index (χ4n) is 3.62. The molecule has 6 nitrogen and oxygen atoms in total. The van der Waals surface area contributed by atoms with Crippen LogP contribution in [0.3, 0.4) is 0 Å². The Kier molecular flexibility index (Phi) is 5.42. The van der Waals surface area contributed by atoms with Crippen LogP contribution in [0, 0.1) is 0 Å². The van der Waals surface area contributed by atoms with Crippen molar-refractivity contribution in [3.05, 3.63) is 59.1 Å². The van der Waals surface area contributed by atoms with Crippen LogP contribution in [0.1, 0.15) is 37.5 Å². The van der Waals surface area contributed by atoms with Crippen molar-refractivity contribution in [2.24, 2.45) is 0 Å². The molecular formula is C21H21ClFN3O3S. The molecule has 1 aromatic carbocycles. The molecule has 0 saturated carbocycles. The molecule has 0 aliphatic heterocycles. The minimum atomic E-state index is -3.96. The Morgan fingerprint density at radius 2 is 2.10 bits per heavy atom. The van der Waals surface area contributed by atoms with E-state index in [9.17, 15) is 12.8 Å². The standard InChI is InChI=1S/C21H21ClFN3O3S/c1-21(2,23)12-26-30(27,28)18-8-13-5-6-17(29-14-4-3-7-24-10-14)20(13)16-11-25-19(22)9-15(16)18/h3-4,7-11,17,26H,5-6,12H2,1-2H3. The van der Waals surface area contributed by atoms with Gasteiger partial charge in [0.1, 0.15) is 22.7 Å². The first-order valence-corrected chi connectivity index (χ1v) is 11.4. The van der Waals surface area contributed by atoms with Crippen molar-refractivity contribution in [2.75, 3.05) is 6.54 Å². The first kappa shape index (κ1) is 21.0. The van der Waals surface area contributed by atoms with Crippen molar-refractivity contribution in [1.29, 1.82) is 0 Å². The van der Waals surface area contributed by atoms with Crippen LogP contribution >= 0.6 is 11.6 Å². The Balaban J connectivity index is 1.81. The van der Waals surface area contributed by atoms with Gasteiger partial charge in [-0.2, -0.15) is 0 Å². The molecule has 0 amide bonds. The van der Waals surface area contributed by atoms with Gasteiger partial charge in [0.2, 0.25) is 10.0 Å². The Bertz CT molecular complexity index is 1200. The predicted octanol–water partition coefficient (Wildman–Crippen LogP) is 4.38. The lowest BCUT2D eigenvalue weighted by atomic mass is 10.0. The van der Waals surface area contributed by atoms with E-state index in [1.165, 1.54) is 19.9 Å². The van der Waals surface area contributed by atoms with Crippen LogP contribution in [0.15, 0.2) is 47.8 Å². The molecule has 1 aliphatic rings. The molecule has 30 heavy (non-hydrogen) atoms. The van der Waals surface area contributed by atoms with Crippen molar-refractivity contribution in [2.45, 2.75) is 43.4 Å². The van der Waals surface area contributed by atoms with Gasteiger partial charge in [0.05, 0.1) is 11.1 Å². The summed E-state index contributed by atoms with van der Waals surface area (Å²) in [7, 11) is -3.96. The number of benzene rings is 1. The van der Waals surface area contributed by atoms with Crippen LogP contribution in [0.4, 0.5) is 4.39 Å². The summed E-state index contributed by atoms with van der Waals surface area (Å²) in [5.41, 5.74) is 0.0738. The van der Waals surface area contributed by atoms with Gasteiger partial charge in [0.15, 0.2) is 0 Å². The number of nitrogens with zero attached hydrogens (tertiary/aromatic N) is 2. The molecule has 0 radical (unpaired) electrons. The topological polar surface area (TPSA) is 81.2 Å². The average Bonchev–Trinajstić information content (AvgIpc) is 3.09. The third kappa shape index (κ3) is 4.26. The summed E-state index contributed by atoms with van der Waals surface area (Å²) >= 11 is 6.08. The highest BCUT2D eigenvalue weighted by Gasteiger charge is 2.31. The summed E-state index contributed by atoms with van der Waals surface area (Å²) in [4.78, 5) is 8.29. The van der Waals surface area contributed by atoms with E-state index < -0.39 is 15.7 Å². The minimum absolute atomic E-state index is 0.0619. The van der Waals surface area contributed by atoms with Gasteiger partial charge in [-0.3, -0.25) is 4.98 Å². The quantitative estimate of drug-likeness (QED) is 0.565. The molecule has 0 spiro atoms. The first-order valence-electron chi connectivity index (χ1n) is 9.50. The number of hydrogen-bond donors (Lipinski definition) is 1. The normalized spacial score (nSPS) is 16.6. The van der Waals surface area contributed by atoms with Crippen LogP contribution in [0.25, 0.3) is 10.8 Å². The van der Waals surface area contributed by atoms with E-state index in [-0.39, 0.29) is 22.7 Å². The van der Waals surface area contributed by atoms with Gasteiger partial charge in [0.25, 0.3) is 0 Å². The summed E-state index contributed by atoms with van der Waals surface area (Å²) in [5, 5.41) is 1.26. The zero-order chi connectivity index (χ0) is 21.5. The van der Waals surface area contributed by atoms with Gasteiger partial charge in [0, 0.05) is 35.3 Å². The molecule has 2 aromatic heterocycles. The highest BCUT2D eigenvalue weighted by molar-refractivity contribution is 7.89. The third-order valence-electron chi connectivity index (χ3n) is 4.96. The van der Waals surface area contributed by atoms with Crippen molar-refractivity contribution in [1.82, 2.24) is 14.7 Å². The molecule has 1 N–H and O–H groups in total. The summed E-state index contributed by atoms with van der Waals surface area (Å²) in [6.45, 7) is 2.30. The van der Waals surface area contributed by atoms with Crippen molar-refractivity contribution in [3.8, 4) is 5.75 Å². The Morgan fingerprint density at radius 1 is 1.30 bits per heavy atom. The Hall–Kier alpha value is -2.29. The van der Waals surface area contributed by atoms with E-state index in [1.807, 2.05) is 6.07 Å². The number of halogens is 2. The van der Waals surface area contributed by atoms with Gasteiger partial charge in [-0.15, -0.1) is 0 Å². The number of sulfonamides is 1. The van der Waals surface area contributed by atoms with Crippen LogP contribution < -0.4 is 9.46 Å². The van der Waals surface area contributed by atoms with E-state index in [0.29, 0.717) is 29.4 Å². The number of ether oxygens (including phenoxy) is 1. The molecule has 1 unspecified atom stereocenters. The first-order chi connectivity index (χ1) is 14.1. The zero-order valence-electron chi connectivity index (χ0n) is 16.5. The number of rotatable bonds is 6. The van der Waals surface area contributed by atoms with Crippen molar-refractivity contribution < 1.29 is 17.5 Å². The maximum atomic E-state index is 13.9. The maximum Gasteiger partial charge on any atom is 0.241 e. The zero-order valence-corrected chi connectivity index (χ0v) is 18.1. The maximum absolute atomic E-state index is 13.9. The minimum Gasteiger partial charge on any atom is -0.484 e. The molecule has 1 atom stereocenters. The lowest BCUT2D eigenvalue weighted by molar-refractivity contribution is 0.208. The molecule has 1 aliphatic carbocycles. The number of hydrogen-bond acceptors (Lipinski definition) is 5. The fourth-order valence-corrected chi connectivity index (χ4v) is 5.22. The fraction of sp³-hybridized carbons (Fsp3) is 0.333. The molecule has 9 heteroatoms. The van der Waals surface area contributed by atoms with Gasteiger partial charge in [-0.1, -0.05) is 11.6 Å². The summed E-state index contributed by atoms with van der Waals surface area (Å²) in [6.07, 6.45) is 5.95. The lowest BCUT2D eigenvalue weighted by Gasteiger charge is -2.19. The van der Waals surface area contributed by atoms with E-state index in [1.54, 1.807) is 30.7 Å². The molecule has 0 bridgehead atoms. The highest BCUT2D eigenvalue weighted by atomic mass is 35.5. The smallest absolute Gasteiger partial charge is 0.241 e. The molecule has 2 heterocycles. The average molecular weight is 450 g/mol. The van der Waals surface area contributed by atoms with Crippen molar-refractivity contribution >= 4 is 32.4 Å². The number of aromatic nitrogens is 2. The second kappa shape index (κ2) is 7.76. The van der Waals surface area contributed by atoms with E-state index in [0.717, 1.165) is 11.1 Å². The van der Waals surface area contributed by atoms with E-state index >= 15 is 0 Å². The number of nitrogens with one attached hydrogen (secondary N) is 1. The molecule has 0 saturated heterocycles. The molecule has 4 rings (SSSR count). The van der Waals surface area contributed by atoms with Crippen LogP contribution in [0.2, 0.25) is 5.15 Å². The predicted molar refractivity (Wildman–Crippen MR) is 113 cm³/mol. The number of pyridine rings is 2. The van der Waals surface area contributed by atoms with Gasteiger partial charge in [-0.25, -0.2) is 22.5 Å². The monoisotopic (exact) mass is 449 g/mol. The SMILES string of the molecule is CC(C)(F)CNS(=O)(=O)c1cc2c(c3cnc(Cl)cc13)C(Oc1cccnc1)CC2. The Labute approximate surface area is 179 Å². The number of alkyl halides is 1. The molecule has 3 aromatic rings. The van der Waals surface area contributed by atoms with Gasteiger partial charge in [-0.05, 0) is 56.5 Å². The summed E-state index contributed by atoms with van der Waals surface area (Å²) in [5.74, 6) is 0.633. The lowest BCUT2D eigenvalue weighted by Crippen LogP contribution is -2.35. The van der Waals surface area contributed by atoms with E-state index in [2.05, 4.69) is 14.7 Å². The van der Waals surface area contributed by atoms with Crippen LogP contribution in [0.5, 0.6) is 5.75 Å². The van der Waals surface area contributed by atoms with Gasteiger partial charge < -0.3 is 4.74 Å². The highest BCUT2D eigenvalue weighted by Crippen LogP contribution is 2.42. The van der Waals surface area contributed by atoms with Crippen molar-refractivity contribution in [3.63, 3.8) is 0 Å². The molecule has 158 valence electrons. The van der Waals surface area contributed by atoms with E-state index in [4.69, 9.17) is 16.3 Å². The molecule has 0 fully saturated rings.